The van der Waals surface area contributed by atoms with Gasteiger partial charge in [0, 0.05) is 12.0 Å². The molecular weight excluding hydrogens is 266 g/mol. The van der Waals surface area contributed by atoms with Crippen molar-refractivity contribution in [2.45, 2.75) is 12.5 Å². The molecule has 5 heteroatoms. The Labute approximate surface area is 123 Å². The lowest BCUT2D eigenvalue weighted by atomic mass is 10.0. The first kappa shape index (κ1) is 14.7. The molecular formula is C16H17N3O2. The molecule has 0 bridgehead atoms. The molecule has 21 heavy (non-hydrogen) atoms. The van der Waals surface area contributed by atoms with Crippen LogP contribution >= 0.6 is 0 Å². The van der Waals surface area contributed by atoms with Crippen molar-refractivity contribution >= 4 is 11.8 Å². The molecule has 2 aromatic rings. The zero-order chi connectivity index (χ0) is 15.1. The minimum atomic E-state index is -0.717. The fourth-order valence-electron chi connectivity index (χ4n) is 1.99. The van der Waals surface area contributed by atoms with Crippen molar-refractivity contribution in [3.05, 3.63) is 71.8 Å². The van der Waals surface area contributed by atoms with Crippen molar-refractivity contribution in [1.29, 1.82) is 0 Å². The Hall–Kier alpha value is -2.66. The lowest BCUT2D eigenvalue weighted by Gasteiger charge is -2.17. The highest BCUT2D eigenvalue weighted by Gasteiger charge is 2.20. The maximum atomic E-state index is 12.1. The Morgan fingerprint density at radius 1 is 0.952 bits per heavy atom. The van der Waals surface area contributed by atoms with Crippen molar-refractivity contribution in [1.82, 2.24) is 10.7 Å². The van der Waals surface area contributed by atoms with Gasteiger partial charge in [-0.3, -0.25) is 15.0 Å². The molecule has 0 aromatic heterocycles. The van der Waals surface area contributed by atoms with E-state index in [-0.39, 0.29) is 5.91 Å². The smallest absolute Gasteiger partial charge is 0.256 e. The number of hydrogen-bond acceptors (Lipinski definition) is 3. The van der Waals surface area contributed by atoms with E-state index in [1.165, 1.54) is 0 Å². The highest BCUT2D eigenvalue weighted by Crippen LogP contribution is 2.05. The topological polar surface area (TPSA) is 84.2 Å². The van der Waals surface area contributed by atoms with Crippen LogP contribution in [0.25, 0.3) is 0 Å². The molecule has 0 fully saturated rings. The molecule has 0 spiro atoms. The van der Waals surface area contributed by atoms with Crippen LogP contribution in [0.1, 0.15) is 15.9 Å². The van der Waals surface area contributed by atoms with Gasteiger partial charge in [0.2, 0.25) is 0 Å². The van der Waals surface area contributed by atoms with Gasteiger partial charge in [-0.2, -0.15) is 0 Å². The number of carbonyl (C=O) groups is 2. The minimum absolute atomic E-state index is 0.305. The molecule has 4 N–H and O–H groups in total. The van der Waals surface area contributed by atoms with Crippen molar-refractivity contribution in [3.8, 4) is 0 Å². The number of carbonyl (C=O) groups excluding carboxylic acids is 2. The lowest BCUT2D eigenvalue weighted by Crippen LogP contribution is -2.50. The summed E-state index contributed by atoms with van der Waals surface area (Å²) in [6.45, 7) is 0. The molecule has 0 saturated carbocycles. The Morgan fingerprint density at radius 2 is 1.52 bits per heavy atom. The largest absolute Gasteiger partial charge is 0.340 e. The van der Waals surface area contributed by atoms with Crippen molar-refractivity contribution in [2.24, 2.45) is 5.84 Å². The van der Waals surface area contributed by atoms with E-state index in [0.29, 0.717) is 12.0 Å². The maximum absolute atomic E-state index is 12.1. The third kappa shape index (κ3) is 4.15. The first-order valence-electron chi connectivity index (χ1n) is 6.61. The summed E-state index contributed by atoms with van der Waals surface area (Å²) in [7, 11) is 0. The zero-order valence-electron chi connectivity index (χ0n) is 11.5. The normalized spacial score (nSPS) is 11.5. The molecule has 1 atom stereocenters. The van der Waals surface area contributed by atoms with E-state index >= 15 is 0 Å². The number of nitrogens with one attached hydrogen (secondary N) is 2. The lowest BCUT2D eigenvalue weighted by molar-refractivity contribution is -0.123. The van der Waals surface area contributed by atoms with Crippen LogP contribution in [0.5, 0.6) is 0 Å². The molecule has 0 saturated heterocycles. The molecule has 2 aromatic carbocycles. The molecule has 5 nitrogen and oxygen atoms in total. The van der Waals surface area contributed by atoms with Gasteiger partial charge in [-0.25, -0.2) is 5.84 Å². The average molecular weight is 283 g/mol. The van der Waals surface area contributed by atoms with Crippen LogP contribution in [0, 0.1) is 0 Å². The van der Waals surface area contributed by atoms with E-state index in [2.05, 4.69) is 10.7 Å². The molecule has 0 aliphatic rings. The standard InChI is InChI=1S/C16H17N3O2/c17-19-16(21)14(11-12-7-3-1-4-8-12)18-15(20)13-9-5-2-6-10-13/h1-10,14H,11,17H2,(H,18,20)(H,19,21). The highest BCUT2D eigenvalue weighted by atomic mass is 16.2. The summed E-state index contributed by atoms with van der Waals surface area (Å²) in [6.07, 6.45) is 0.377. The highest BCUT2D eigenvalue weighted by molar-refractivity contribution is 5.97. The summed E-state index contributed by atoms with van der Waals surface area (Å²) in [5, 5.41) is 2.70. The summed E-state index contributed by atoms with van der Waals surface area (Å²) in [6, 6.07) is 17.5. The number of rotatable bonds is 5. The number of nitrogens with two attached hydrogens (primary N) is 1. The molecule has 0 heterocycles. The summed E-state index contributed by atoms with van der Waals surface area (Å²) in [5.41, 5.74) is 3.53. The SMILES string of the molecule is NNC(=O)C(Cc1ccccc1)NC(=O)c1ccccc1. The molecule has 0 aliphatic carbocycles. The van der Waals surface area contributed by atoms with Crippen LogP contribution in [0.4, 0.5) is 0 Å². The molecule has 2 amide bonds. The van der Waals surface area contributed by atoms with Gasteiger partial charge < -0.3 is 5.32 Å². The first-order valence-corrected chi connectivity index (χ1v) is 6.61. The maximum Gasteiger partial charge on any atom is 0.256 e. The van der Waals surface area contributed by atoms with E-state index in [0.717, 1.165) is 5.56 Å². The number of hydrazine groups is 1. The molecule has 0 aliphatic heterocycles. The quantitative estimate of drug-likeness (QED) is 0.435. The molecule has 2 rings (SSSR count). The second kappa shape index (κ2) is 7.21. The Balaban J connectivity index is 2.10. The van der Waals surface area contributed by atoms with E-state index < -0.39 is 11.9 Å². The zero-order valence-corrected chi connectivity index (χ0v) is 11.5. The second-order valence-corrected chi connectivity index (χ2v) is 4.59. The summed E-state index contributed by atoms with van der Waals surface area (Å²) < 4.78 is 0. The van der Waals surface area contributed by atoms with Gasteiger partial charge >= 0.3 is 0 Å². The second-order valence-electron chi connectivity index (χ2n) is 4.59. The monoisotopic (exact) mass is 283 g/mol. The third-order valence-corrected chi connectivity index (χ3v) is 3.08. The fraction of sp³-hybridized carbons (Fsp3) is 0.125. The Bertz CT molecular complexity index is 599. The number of amides is 2. The van der Waals surface area contributed by atoms with E-state index in [4.69, 9.17) is 5.84 Å². The molecule has 1 unspecified atom stereocenters. The minimum Gasteiger partial charge on any atom is -0.340 e. The molecule has 0 radical (unpaired) electrons. The van der Waals surface area contributed by atoms with Crippen molar-refractivity contribution in [2.75, 3.05) is 0 Å². The van der Waals surface area contributed by atoms with Gasteiger partial charge in [0.25, 0.3) is 11.8 Å². The third-order valence-electron chi connectivity index (χ3n) is 3.08. The van der Waals surface area contributed by atoms with Crippen LogP contribution in [0.3, 0.4) is 0 Å². The van der Waals surface area contributed by atoms with Crippen molar-refractivity contribution < 1.29 is 9.59 Å². The van der Waals surface area contributed by atoms with Gasteiger partial charge in [-0.05, 0) is 17.7 Å². The summed E-state index contributed by atoms with van der Waals surface area (Å²) in [5.74, 6) is 4.46. The summed E-state index contributed by atoms with van der Waals surface area (Å²) in [4.78, 5) is 24.0. The van der Waals surface area contributed by atoms with Crippen LogP contribution in [0.15, 0.2) is 60.7 Å². The van der Waals surface area contributed by atoms with E-state index in [1.54, 1.807) is 24.3 Å². The van der Waals surface area contributed by atoms with Crippen molar-refractivity contribution in [3.63, 3.8) is 0 Å². The van der Waals surface area contributed by atoms with E-state index in [1.807, 2.05) is 36.4 Å². The Kier molecular flexibility index (Phi) is 5.06. The van der Waals surface area contributed by atoms with Gasteiger partial charge in [-0.15, -0.1) is 0 Å². The first-order chi connectivity index (χ1) is 10.2. The number of hydrogen-bond donors (Lipinski definition) is 3. The van der Waals surface area contributed by atoms with E-state index in [9.17, 15) is 9.59 Å². The van der Waals surface area contributed by atoms with Crippen LogP contribution in [0.2, 0.25) is 0 Å². The molecule has 108 valence electrons. The van der Waals surface area contributed by atoms with Crippen LogP contribution in [-0.2, 0) is 11.2 Å². The van der Waals surface area contributed by atoms with Gasteiger partial charge in [-0.1, -0.05) is 48.5 Å². The predicted octanol–water partition coefficient (Wildman–Crippen LogP) is 1.02. The average Bonchev–Trinajstić information content (AvgIpc) is 2.55. The van der Waals surface area contributed by atoms with Gasteiger partial charge in [0.15, 0.2) is 0 Å². The Morgan fingerprint density at radius 3 is 2.10 bits per heavy atom. The summed E-state index contributed by atoms with van der Waals surface area (Å²) >= 11 is 0. The van der Waals surface area contributed by atoms with Gasteiger partial charge in [0.05, 0.1) is 0 Å². The van der Waals surface area contributed by atoms with Crippen LogP contribution < -0.4 is 16.6 Å². The predicted molar refractivity (Wildman–Crippen MR) is 80.2 cm³/mol. The fourth-order valence-corrected chi connectivity index (χ4v) is 1.99. The number of benzene rings is 2. The van der Waals surface area contributed by atoms with Crippen LogP contribution in [-0.4, -0.2) is 17.9 Å². The van der Waals surface area contributed by atoms with Gasteiger partial charge in [0.1, 0.15) is 6.04 Å².